The van der Waals surface area contributed by atoms with Gasteiger partial charge in [0.1, 0.15) is 0 Å². The van der Waals surface area contributed by atoms with E-state index in [1.165, 1.54) is 25.7 Å². The summed E-state index contributed by atoms with van der Waals surface area (Å²) in [5.74, 6) is 0. The molecule has 3 rings (SSSR count). The zero-order chi connectivity index (χ0) is 12.0. The number of rotatable bonds is 1. The summed E-state index contributed by atoms with van der Waals surface area (Å²) in [4.78, 5) is 0. The van der Waals surface area contributed by atoms with Crippen LogP contribution in [0.2, 0.25) is 19.6 Å². The van der Waals surface area contributed by atoms with Gasteiger partial charge in [-0.15, -0.1) is 0 Å². The molecule has 0 bridgehead atoms. The van der Waals surface area contributed by atoms with Crippen LogP contribution in [0.25, 0.3) is 5.57 Å². The van der Waals surface area contributed by atoms with Gasteiger partial charge in [-0.05, 0) is 42.4 Å². The Bertz CT molecular complexity index is 477. The zero-order valence-corrected chi connectivity index (χ0v) is 12.2. The Balaban J connectivity index is 2.18. The van der Waals surface area contributed by atoms with Gasteiger partial charge in [-0.1, -0.05) is 49.5 Å². The van der Waals surface area contributed by atoms with Crippen LogP contribution in [0.1, 0.15) is 42.4 Å². The summed E-state index contributed by atoms with van der Waals surface area (Å²) in [6.45, 7) is 7.58. The second-order valence-electron chi connectivity index (χ2n) is 6.60. The van der Waals surface area contributed by atoms with Crippen molar-refractivity contribution in [3.05, 3.63) is 41.0 Å². The average Bonchev–Trinajstić information content (AvgIpc) is 2.63. The highest BCUT2D eigenvalue weighted by atomic mass is 28.3. The Morgan fingerprint density at radius 3 is 2.47 bits per heavy atom. The minimum Gasteiger partial charge on any atom is -0.0688 e. The third kappa shape index (κ3) is 1.72. The summed E-state index contributed by atoms with van der Waals surface area (Å²) >= 11 is 0. The molecule has 1 aromatic rings. The quantitative estimate of drug-likeness (QED) is 0.609. The van der Waals surface area contributed by atoms with Crippen molar-refractivity contribution in [1.29, 1.82) is 0 Å². The lowest BCUT2D eigenvalue weighted by molar-refractivity contribution is 0.703. The van der Waals surface area contributed by atoms with Gasteiger partial charge in [-0.3, -0.25) is 0 Å². The van der Waals surface area contributed by atoms with E-state index in [9.17, 15) is 0 Å². The third-order valence-electron chi connectivity index (χ3n) is 4.32. The van der Waals surface area contributed by atoms with Crippen molar-refractivity contribution < 1.29 is 0 Å². The fourth-order valence-electron chi connectivity index (χ4n) is 3.76. The van der Waals surface area contributed by atoms with E-state index in [0.717, 1.165) is 5.54 Å². The fraction of sp³-hybridized carbons (Fsp3) is 0.500. The molecule has 0 spiro atoms. The SMILES string of the molecule is C[Si](C)(C)C1C2=C(CCCC2)c2ccccc21. The lowest BCUT2D eigenvalue weighted by atomic mass is 9.92. The lowest BCUT2D eigenvalue weighted by Gasteiger charge is -2.30. The molecule has 2 aliphatic carbocycles. The number of allylic oxidation sites excluding steroid dienone is 2. The minimum absolute atomic E-state index is 0.800. The largest absolute Gasteiger partial charge is 0.0688 e. The molecular formula is C16H22Si. The van der Waals surface area contributed by atoms with Crippen LogP contribution in [-0.2, 0) is 0 Å². The Labute approximate surface area is 106 Å². The Hall–Kier alpha value is -0.823. The summed E-state index contributed by atoms with van der Waals surface area (Å²) in [7, 11) is -1.14. The van der Waals surface area contributed by atoms with Crippen LogP contribution in [0.5, 0.6) is 0 Å². The summed E-state index contributed by atoms with van der Waals surface area (Å²) in [5, 5.41) is 0. The van der Waals surface area contributed by atoms with E-state index < -0.39 is 8.07 Å². The maximum Gasteiger partial charge on any atom is 0.0569 e. The van der Waals surface area contributed by atoms with Gasteiger partial charge in [-0.25, -0.2) is 0 Å². The molecule has 0 nitrogen and oxygen atoms in total. The van der Waals surface area contributed by atoms with E-state index in [-0.39, 0.29) is 0 Å². The Kier molecular flexibility index (Phi) is 2.55. The van der Waals surface area contributed by atoms with Crippen molar-refractivity contribution in [2.45, 2.75) is 50.9 Å². The smallest absolute Gasteiger partial charge is 0.0569 e. The van der Waals surface area contributed by atoms with E-state index in [1.54, 1.807) is 16.7 Å². The zero-order valence-electron chi connectivity index (χ0n) is 11.2. The van der Waals surface area contributed by atoms with Crippen molar-refractivity contribution in [2.75, 3.05) is 0 Å². The van der Waals surface area contributed by atoms with Crippen LogP contribution in [0, 0.1) is 0 Å². The van der Waals surface area contributed by atoms with E-state index >= 15 is 0 Å². The second-order valence-corrected chi connectivity index (χ2v) is 11.9. The van der Waals surface area contributed by atoms with Gasteiger partial charge in [-0.2, -0.15) is 0 Å². The molecule has 90 valence electrons. The van der Waals surface area contributed by atoms with Gasteiger partial charge in [0.25, 0.3) is 0 Å². The summed E-state index contributed by atoms with van der Waals surface area (Å²) < 4.78 is 0. The maximum atomic E-state index is 2.53. The Morgan fingerprint density at radius 1 is 1.00 bits per heavy atom. The second kappa shape index (κ2) is 3.84. The van der Waals surface area contributed by atoms with Gasteiger partial charge < -0.3 is 0 Å². The lowest BCUT2D eigenvalue weighted by Crippen LogP contribution is -2.31. The van der Waals surface area contributed by atoms with Gasteiger partial charge in [0.05, 0.1) is 8.07 Å². The van der Waals surface area contributed by atoms with E-state index in [0.29, 0.717) is 0 Å². The van der Waals surface area contributed by atoms with Gasteiger partial charge in [0, 0.05) is 5.54 Å². The Morgan fingerprint density at radius 2 is 1.71 bits per heavy atom. The molecule has 1 aromatic carbocycles. The maximum absolute atomic E-state index is 2.53. The first-order valence-corrected chi connectivity index (χ1v) is 10.5. The van der Waals surface area contributed by atoms with Gasteiger partial charge in [0.2, 0.25) is 0 Å². The fourth-order valence-corrected chi connectivity index (χ4v) is 6.30. The van der Waals surface area contributed by atoms with Crippen molar-refractivity contribution in [3.63, 3.8) is 0 Å². The molecule has 0 aliphatic heterocycles. The highest BCUT2D eigenvalue weighted by Crippen LogP contribution is 2.51. The molecule has 1 atom stereocenters. The summed E-state index contributed by atoms with van der Waals surface area (Å²) in [6.07, 6.45) is 5.49. The molecule has 0 radical (unpaired) electrons. The standard InChI is InChI=1S/C16H22Si/c1-17(2,3)16-14-10-6-4-8-12(14)13-9-5-7-11-15(13)16/h4,6,8,10,16H,5,7,9,11H2,1-3H3. The van der Waals surface area contributed by atoms with Gasteiger partial charge >= 0.3 is 0 Å². The highest BCUT2D eigenvalue weighted by molar-refractivity contribution is 6.78. The topological polar surface area (TPSA) is 0 Å². The normalized spacial score (nSPS) is 23.6. The molecule has 0 N–H and O–H groups in total. The molecule has 1 unspecified atom stereocenters. The molecule has 17 heavy (non-hydrogen) atoms. The van der Waals surface area contributed by atoms with Crippen LogP contribution in [0.3, 0.4) is 0 Å². The molecular weight excluding hydrogens is 220 g/mol. The first-order chi connectivity index (χ1) is 8.09. The van der Waals surface area contributed by atoms with E-state index in [1.807, 2.05) is 5.57 Å². The third-order valence-corrected chi connectivity index (χ3v) is 6.71. The van der Waals surface area contributed by atoms with Crippen molar-refractivity contribution in [3.8, 4) is 0 Å². The molecule has 0 aromatic heterocycles. The minimum atomic E-state index is -1.14. The average molecular weight is 242 g/mol. The van der Waals surface area contributed by atoms with Crippen LogP contribution in [-0.4, -0.2) is 8.07 Å². The van der Waals surface area contributed by atoms with Crippen LogP contribution >= 0.6 is 0 Å². The number of fused-ring (bicyclic) bond motifs is 2. The molecule has 0 amide bonds. The first kappa shape index (κ1) is 11.3. The molecule has 1 heteroatoms. The summed E-state index contributed by atoms with van der Waals surface area (Å²) in [6, 6.07) is 9.18. The van der Waals surface area contributed by atoms with Crippen molar-refractivity contribution in [1.82, 2.24) is 0 Å². The van der Waals surface area contributed by atoms with Gasteiger partial charge in [0.15, 0.2) is 0 Å². The van der Waals surface area contributed by atoms with Crippen LogP contribution < -0.4 is 0 Å². The number of benzene rings is 1. The predicted molar refractivity (Wildman–Crippen MR) is 77.9 cm³/mol. The number of hydrogen-bond acceptors (Lipinski definition) is 0. The molecule has 0 saturated carbocycles. The molecule has 0 saturated heterocycles. The molecule has 0 fully saturated rings. The first-order valence-electron chi connectivity index (χ1n) is 6.90. The number of hydrogen-bond donors (Lipinski definition) is 0. The van der Waals surface area contributed by atoms with Crippen LogP contribution in [0.15, 0.2) is 29.8 Å². The van der Waals surface area contributed by atoms with Crippen molar-refractivity contribution >= 4 is 13.6 Å². The predicted octanol–water partition coefficient (Wildman–Crippen LogP) is 4.99. The monoisotopic (exact) mass is 242 g/mol. The molecule has 0 heterocycles. The van der Waals surface area contributed by atoms with Crippen molar-refractivity contribution in [2.24, 2.45) is 0 Å². The van der Waals surface area contributed by atoms with E-state index in [2.05, 4.69) is 43.9 Å². The van der Waals surface area contributed by atoms with E-state index in [4.69, 9.17) is 0 Å². The molecule has 2 aliphatic rings. The summed E-state index contributed by atoms with van der Waals surface area (Å²) in [5.41, 5.74) is 7.58. The van der Waals surface area contributed by atoms with Crippen LogP contribution in [0.4, 0.5) is 0 Å². The highest BCUT2D eigenvalue weighted by Gasteiger charge is 2.39.